The van der Waals surface area contributed by atoms with Crippen LogP contribution in [0.15, 0.2) is 17.0 Å². The Balaban J connectivity index is 3.44. The highest BCUT2D eigenvalue weighted by atomic mass is 32.2. The van der Waals surface area contributed by atoms with Crippen LogP contribution < -0.4 is 0 Å². The maximum atomic E-state index is 13.1. The van der Waals surface area contributed by atoms with Crippen LogP contribution >= 0.6 is 11.8 Å². The molecule has 0 N–H and O–H groups in total. The quantitative estimate of drug-likeness (QED) is 0.474. The number of methoxy groups -OCH3 is 1. The van der Waals surface area contributed by atoms with E-state index in [-0.39, 0.29) is 0 Å². The summed E-state index contributed by atoms with van der Waals surface area (Å²) in [7, 11) is 0.946. The summed E-state index contributed by atoms with van der Waals surface area (Å²) in [5.41, 5.74) is -5.90. The Morgan fingerprint density at radius 1 is 1.44 bits per heavy atom. The number of rotatable bonds is 2. The van der Waals surface area contributed by atoms with Gasteiger partial charge >= 0.3 is 11.5 Å². The minimum atomic E-state index is -4.70. The summed E-state index contributed by atoms with van der Waals surface area (Å²) in [4.78, 5) is 10.6. The van der Waals surface area contributed by atoms with Gasteiger partial charge in [-0.3, -0.25) is 0 Å². The van der Waals surface area contributed by atoms with Crippen LogP contribution in [0.4, 0.5) is 17.6 Å². The highest BCUT2D eigenvalue weighted by molar-refractivity contribution is 8.00. The van der Waals surface area contributed by atoms with Crippen molar-refractivity contribution in [3.8, 4) is 6.07 Å². The van der Waals surface area contributed by atoms with Crippen LogP contribution in [-0.2, 0) is 4.74 Å². The number of alkyl halides is 3. The lowest BCUT2D eigenvalue weighted by Gasteiger charge is -2.11. The second-order valence-electron chi connectivity index (χ2n) is 2.98. The van der Waals surface area contributed by atoms with Crippen LogP contribution in [0, 0.1) is 17.1 Å². The smallest absolute Gasteiger partial charge is 0.446 e. The van der Waals surface area contributed by atoms with E-state index in [0.29, 0.717) is 12.1 Å². The number of hydrogen-bond donors (Lipinski definition) is 0. The lowest BCUT2D eigenvalue weighted by atomic mass is 10.1. The first-order valence-corrected chi connectivity index (χ1v) is 5.18. The summed E-state index contributed by atoms with van der Waals surface area (Å²) in [6.07, 6.45) is 0. The maximum Gasteiger partial charge on any atom is 0.446 e. The van der Waals surface area contributed by atoms with Gasteiger partial charge in [-0.25, -0.2) is 9.18 Å². The van der Waals surface area contributed by atoms with Crippen molar-refractivity contribution in [2.45, 2.75) is 10.4 Å². The number of nitriles is 1. The standard InChI is InChI=1S/C10H5F4NO2S/c1-17-9(16)7-3-6(11)2-5(4-15)8(7)18-10(12,13)14/h2-3H,1H3. The Morgan fingerprint density at radius 2 is 2.06 bits per heavy atom. The summed E-state index contributed by atoms with van der Waals surface area (Å²) in [6.45, 7) is 0. The zero-order valence-electron chi connectivity index (χ0n) is 8.84. The maximum absolute atomic E-state index is 13.1. The predicted octanol–water partition coefficient (Wildman–Crippen LogP) is 3.10. The van der Waals surface area contributed by atoms with Crippen molar-refractivity contribution < 1.29 is 27.1 Å². The van der Waals surface area contributed by atoms with Gasteiger partial charge in [-0.05, 0) is 23.9 Å². The van der Waals surface area contributed by atoms with Gasteiger partial charge in [0.05, 0.1) is 18.2 Å². The van der Waals surface area contributed by atoms with E-state index in [9.17, 15) is 22.4 Å². The predicted molar refractivity (Wildman–Crippen MR) is 54.4 cm³/mol. The highest BCUT2D eigenvalue weighted by Crippen LogP contribution is 2.40. The molecule has 3 nitrogen and oxygen atoms in total. The van der Waals surface area contributed by atoms with Gasteiger partial charge in [0.1, 0.15) is 11.9 Å². The Labute approximate surface area is 103 Å². The van der Waals surface area contributed by atoms with Crippen LogP contribution in [0.2, 0.25) is 0 Å². The van der Waals surface area contributed by atoms with Crippen LogP contribution in [0.5, 0.6) is 0 Å². The van der Waals surface area contributed by atoms with Gasteiger partial charge in [-0.1, -0.05) is 0 Å². The van der Waals surface area contributed by atoms with E-state index in [2.05, 4.69) is 4.74 Å². The first kappa shape index (κ1) is 14.3. The van der Waals surface area contributed by atoms with Gasteiger partial charge < -0.3 is 4.74 Å². The summed E-state index contributed by atoms with van der Waals surface area (Å²) in [6, 6.07) is 2.63. The Morgan fingerprint density at radius 3 is 2.50 bits per heavy atom. The lowest BCUT2D eigenvalue weighted by Crippen LogP contribution is -2.09. The molecule has 0 radical (unpaired) electrons. The second kappa shape index (κ2) is 5.27. The molecule has 18 heavy (non-hydrogen) atoms. The summed E-state index contributed by atoms with van der Waals surface area (Å²) in [5.74, 6) is -2.13. The topological polar surface area (TPSA) is 50.1 Å². The number of benzene rings is 1. The van der Waals surface area contributed by atoms with Crippen LogP contribution in [0.3, 0.4) is 0 Å². The Bertz CT molecular complexity index is 522. The summed E-state index contributed by atoms with van der Waals surface area (Å²) >= 11 is -0.659. The van der Waals surface area contributed by atoms with Gasteiger partial charge in [0.2, 0.25) is 0 Å². The fourth-order valence-corrected chi connectivity index (χ4v) is 1.86. The van der Waals surface area contributed by atoms with Crippen molar-refractivity contribution in [2.24, 2.45) is 0 Å². The lowest BCUT2D eigenvalue weighted by molar-refractivity contribution is -0.0328. The third kappa shape index (κ3) is 3.37. The number of thioether (sulfide) groups is 1. The van der Waals surface area contributed by atoms with Crippen molar-refractivity contribution in [1.29, 1.82) is 5.26 Å². The number of carbonyl (C=O) groups excluding carboxylic acids is 1. The molecule has 0 unspecified atom stereocenters. The number of carbonyl (C=O) groups is 1. The van der Waals surface area contributed by atoms with E-state index in [1.165, 1.54) is 6.07 Å². The zero-order valence-corrected chi connectivity index (χ0v) is 9.66. The molecule has 0 bridgehead atoms. The third-order valence-corrected chi connectivity index (χ3v) is 2.67. The number of esters is 1. The molecule has 96 valence electrons. The molecule has 1 aromatic rings. The van der Waals surface area contributed by atoms with Crippen LogP contribution in [0.25, 0.3) is 0 Å². The van der Waals surface area contributed by atoms with Crippen molar-refractivity contribution in [3.05, 3.63) is 29.1 Å². The van der Waals surface area contributed by atoms with Crippen molar-refractivity contribution in [2.75, 3.05) is 7.11 Å². The molecule has 8 heteroatoms. The first-order valence-electron chi connectivity index (χ1n) is 4.36. The third-order valence-electron chi connectivity index (χ3n) is 1.80. The molecule has 0 aliphatic heterocycles. The monoisotopic (exact) mass is 279 g/mol. The molecule has 0 aliphatic rings. The molecule has 0 saturated heterocycles. The summed E-state index contributed by atoms with van der Waals surface area (Å²) in [5, 5.41) is 8.67. The minimum Gasteiger partial charge on any atom is -0.465 e. The SMILES string of the molecule is COC(=O)c1cc(F)cc(C#N)c1SC(F)(F)F. The Hall–Kier alpha value is -1.75. The normalized spacial score (nSPS) is 10.9. The second-order valence-corrected chi connectivity index (χ2v) is 4.06. The van der Waals surface area contributed by atoms with Crippen LogP contribution in [-0.4, -0.2) is 18.6 Å². The molecule has 0 spiro atoms. The molecule has 1 aromatic carbocycles. The molecule has 0 heterocycles. The fraction of sp³-hybridized carbons (Fsp3) is 0.200. The molecule has 0 saturated carbocycles. The van der Waals surface area contributed by atoms with Gasteiger partial charge in [0.15, 0.2) is 0 Å². The fourth-order valence-electron chi connectivity index (χ4n) is 1.16. The molecule has 0 aliphatic carbocycles. The van der Waals surface area contributed by atoms with Gasteiger partial charge in [-0.15, -0.1) is 0 Å². The average molecular weight is 279 g/mol. The molecule has 0 fully saturated rings. The van der Waals surface area contributed by atoms with Crippen LogP contribution in [0.1, 0.15) is 15.9 Å². The number of ether oxygens (including phenoxy) is 1. The van der Waals surface area contributed by atoms with Gasteiger partial charge in [0.25, 0.3) is 0 Å². The number of hydrogen-bond acceptors (Lipinski definition) is 4. The molecule has 0 amide bonds. The first-order chi connectivity index (χ1) is 8.28. The van der Waals surface area contributed by atoms with Gasteiger partial charge in [0, 0.05) is 4.90 Å². The zero-order chi connectivity index (χ0) is 13.9. The number of halogens is 4. The average Bonchev–Trinajstić information content (AvgIpc) is 2.28. The minimum absolute atomic E-state index is 0.572. The van der Waals surface area contributed by atoms with E-state index in [4.69, 9.17) is 5.26 Å². The van der Waals surface area contributed by atoms with Gasteiger partial charge in [-0.2, -0.15) is 18.4 Å². The number of nitrogens with zero attached hydrogens (tertiary/aromatic N) is 1. The molecular formula is C10H5F4NO2S. The van der Waals surface area contributed by atoms with Crippen molar-refractivity contribution in [1.82, 2.24) is 0 Å². The van der Waals surface area contributed by atoms with Crippen molar-refractivity contribution >= 4 is 17.7 Å². The van der Waals surface area contributed by atoms with E-state index in [1.54, 1.807) is 0 Å². The summed E-state index contributed by atoms with van der Waals surface area (Å²) < 4.78 is 54.3. The van der Waals surface area contributed by atoms with E-state index < -0.39 is 45.1 Å². The van der Waals surface area contributed by atoms with E-state index in [0.717, 1.165) is 7.11 Å². The highest BCUT2D eigenvalue weighted by Gasteiger charge is 2.33. The van der Waals surface area contributed by atoms with E-state index >= 15 is 0 Å². The molecule has 1 rings (SSSR count). The molecule has 0 aromatic heterocycles. The van der Waals surface area contributed by atoms with E-state index in [1.807, 2.05) is 0 Å². The van der Waals surface area contributed by atoms with Crippen molar-refractivity contribution in [3.63, 3.8) is 0 Å². The molecular weight excluding hydrogens is 274 g/mol. The Kier molecular flexibility index (Phi) is 4.19. The molecule has 0 atom stereocenters. The largest absolute Gasteiger partial charge is 0.465 e.